The standard InChI is InChI=1S/C18H25NO3/c1-3-14-5-7-15(8-6-14)9-10-16(20)19-12-4-11-18(2,13-19)17(21)22/h5-8H,3-4,9-13H2,1-2H3,(H,21,22). The Bertz CT molecular complexity index is 538. The second-order valence-corrected chi connectivity index (χ2v) is 6.45. The van der Waals surface area contributed by atoms with Gasteiger partial charge in [0.1, 0.15) is 0 Å². The Kier molecular flexibility index (Phi) is 5.22. The Morgan fingerprint density at radius 1 is 1.23 bits per heavy atom. The van der Waals surface area contributed by atoms with Gasteiger partial charge in [0.2, 0.25) is 5.91 Å². The molecular weight excluding hydrogens is 278 g/mol. The van der Waals surface area contributed by atoms with Gasteiger partial charge in [0.15, 0.2) is 0 Å². The van der Waals surface area contributed by atoms with Gasteiger partial charge in [0.25, 0.3) is 0 Å². The Hall–Kier alpha value is -1.84. The van der Waals surface area contributed by atoms with Crippen molar-refractivity contribution in [3.8, 4) is 0 Å². The number of nitrogens with zero attached hydrogens (tertiary/aromatic N) is 1. The van der Waals surface area contributed by atoms with Crippen molar-refractivity contribution >= 4 is 11.9 Å². The zero-order valence-electron chi connectivity index (χ0n) is 13.5. The highest BCUT2D eigenvalue weighted by Gasteiger charge is 2.39. The summed E-state index contributed by atoms with van der Waals surface area (Å²) in [6.07, 6.45) is 3.58. The number of carbonyl (C=O) groups excluding carboxylic acids is 1. The van der Waals surface area contributed by atoms with E-state index in [0.29, 0.717) is 32.4 Å². The first-order valence-electron chi connectivity index (χ1n) is 8.03. The lowest BCUT2D eigenvalue weighted by Crippen LogP contribution is -2.48. The summed E-state index contributed by atoms with van der Waals surface area (Å²) in [5.41, 5.74) is 1.66. The predicted molar refractivity (Wildman–Crippen MR) is 85.7 cm³/mol. The predicted octanol–water partition coefficient (Wildman–Crippen LogP) is 2.89. The maximum absolute atomic E-state index is 12.3. The van der Waals surface area contributed by atoms with E-state index in [2.05, 4.69) is 31.2 Å². The zero-order valence-corrected chi connectivity index (χ0v) is 13.5. The molecule has 1 aromatic carbocycles. The third-order valence-electron chi connectivity index (χ3n) is 4.62. The van der Waals surface area contributed by atoms with Gasteiger partial charge in [-0.15, -0.1) is 0 Å². The molecule has 0 saturated carbocycles. The number of hydrogen-bond acceptors (Lipinski definition) is 2. The second-order valence-electron chi connectivity index (χ2n) is 6.45. The van der Waals surface area contributed by atoms with Gasteiger partial charge in [0.05, 0.1) is 5.41 Å². The first-order valence-corrected chi connectivity index (χ1v) is 8.03. The van der Waals surface area contributed by atoms with Crippen molar-refractivity contribution in [2.24, 2.45) is 5.41 Å². The van der Waals surface area contributed by atoms with Gasteiger partial charge in [0, 0.05) is 19.5 Å². The molecule has 2 rings (SSSR count). The average Bonchev–Trinajstić information content (AvgIpc) is 2.53. The van der Waals surface area contributed by atoms with Crippen molar-refractivity contribution < 1.29 is 14.7 Å². The second kappa shape index (κ2) is 6.95. The van der Waals surface area contributed by atoms with E-state index in [0.717, 1.165) is 18.4 Å². The minimum Gasteiger partial charge on any atom is -0.481 e. The number of carboxylic acids is 1. The molecule has 0 aliphatic carbocycles. The molecule has 0 spiro atoms. The van der Waals surface area contributed by atoms with Crippen LogP contribution in [0.15, 0.2) is 24.3 Å². The lowest BCUT2D eigenvalue weighted by Gasteiger charge is -2.37. The summed E-state index contributed by atoms with van der Waals surface area (Å²) in [5, 5.41) is 9.32. The quantitative estimate of drug-likeness (QED) is 0.910. The highest BCUT2D eigenvalue weighted by Crippen LogP contribution is 2.30. The molecule has 120 valence electrons. The summed E-state index contributed by atoms with van der Waals surface area (Å²) >= 11 is 0. The maximum Gasteiger partial charge on any atom is 0.311 e. The van der Waals surface area contributed by atoms with Gasteiger partial charge in [-0.25, -0.2) is 0 Å². The molecule has 1 amide bonds. The van der Waals surface area contributed by atoms with Crippen LogP contribution in [-0.4, -0.2) is 35.0 Å². The molecule has 0 bridgehead atoms. The molecule has 4 heteroatoms. The fourth-order valence-electron chi connectivity index (χ4n) is 2.98. The Balaban J connectivity index is 1.90. The summed E-state index contributed by atoms with van der Waals surface area (Å²) in [7, 11) is 0. The van der Waals surface area contributed by atoms with Gasteiger partial charge in [-0.3, -0.25) is 9.59 Å². The molecular formula is C18H25NO3. The van der Waals surface area contributed by atoms with Gasteiger partial charge in [-0.05, 0) is 43.7 Å². The van der Waals surface area contributed by atoms with E-state index in [1.807, 2.05) is 0 Å². The van der Waals surface area contributed by atoms with Crippen molar-refractivity contribution in [2.75, 3.05) is 13.1 Å². The topological polar surface area (TPSA) is 57.6 Å². The number of aliphatic carboxylic acids is 1. The highest BCUT2D eigenvalue weighted by atomic mass is 16.4. The largest absolute Gasteiger partial charge is 0.481 e. The number of benzene rings is 1. The minimum absolute atomic E-state index is 0.0618. The maximum atomic E-state index is 12.3. The van der Waals surface area contributed by atoms with Crippen LogP contribution in [0.4, 0.5) is 0 Å². The smallest absolute Gasteiger partial charge is 0.311 e. The number of amides is 1. The summed E-state index contributed by atoms with van der Waals surface area (Å²) in [4.78, 5) is 25.4. The Morgan fingerprint density at radius 2 is 1.86 bits per heavy atom. The normalized spacial score (nSPS) is 21.6. The molecule has 1 heterocycles. The van der Waals surface area contributed by atoms with E-state index in [4.69, 9.17) is 0 Å². The highest BCUT2D eigenvalue weighted by molar-refractivity contribution is 5.79. The summed E-state index contributed by atoms with van der Waals surface area (Å²) < 4.78 is 0. The number of carboxylic acid groups (broad SMARTS) is 1. The number of likely N-dealkylation sites (tertiary alicyclic amines) is 1. The zero-order chi connectivity index (χ0) is 16.2. The number of hydrogen-bond donors (Lipinski definition) is 1. The van der Waals surface area contributed by atoms with Crippen molar-refractivity contribution in [3.63, 3.8) is 0 Å². The lowest BCUT2D eigenvalue weighted by molar-refractivity contribution is -0.153. The third kappa shape index (κ3) is 3.87. The first kappa shape index (κ1) is 16.5. The summed E-state index contributed by atoms with van der Waals surface area (Å²) in [5.74, 6) is -0.744. The summed E-state index contributed by atoms with van der Waals surface area (Å²) in [6.45, 7) is 4.86. The molecule has 0 radical (unpaired) electrons. The van der Waals surface area contributed by atoms with Crippen molar-refractivity contribution in [1.82, 2.24) is 4.90 Å². The van der Waals surface area contributed by atoms with Gasteiger partial charge < -0.3 is 10.0 Å². The van der Waals surface area contributed by atoms with Gasteiger partial charge >= 0.3 is 5.97 Å². The molecule has 1 aliphatic rings. The number of carbonyl (C=O) groups is 2. The molecule has 4 nitrogen and oxygen atoms in total. The average molecular weight is 303 g/mol. The Morgan fingerprint density at radius 3 is 2.45 bits per heavy atom. The van der Waals surface area contributed by atoms with E-state index < -0.39 is 11.4 Å². The van der Waals surface area contributed by atoms with Crippen molar-refractivity contribution in [3.05, 3.63) is 35.4 Å². The van der Waals surface area contributed by atoms with Crippen LogP contribution in [0.3, 0.4) is 0 Å². The van der Waals surface area contributed by atoms with Crippen LogP contribution >= 0.6 is 0 Å². The van der Waals surface area contributed by atoms with E-state index in [1.54, 1.807) is 11.8 Å². The van der Waals surface area contributed by atoms with Crippen LogP contribution in [-0.2, 0) is 22.4 Å². The molecule has 1 atom stereocenters. The summed E-state index contributed by atoms with van der Waals surface area (Å²) in [6, 6.07) is 8.35. The van der Waals surface area contributed by atoms with Crippen molar-refractivity contribution in [2.45, 2.75) is 46.0 Å². The molecule has 1 N–H and O–H groups in total. The monoisotopic (exact) mass is 303 g/mol. The van der Waals surface area contributed by atoms with E-state index in [9.17, 15) is 14.7 Å². The Labute approximate surface area is 132 Å². The lowest BCUT2D eigenvalue weighted by atomic mass is 9.82. The molecule has 0 aromatic heterocycles. The minimum atomic E-state index is -0.805. The third-order valence-corrected chi connectivity index (χ3v) is 4.62. The number of piperidine rings is 1. The molecule has 22 heavy (non-hydrogen) atoms. The van der Waals surface area contributed by atoms with Gasteiger partial charge in [-0.1, -0.05) is 31.2 Å². The van der Waals surface area contributed by atoms with Crippen LogP contribution < -0.4 is 0 Å². The molecule has 1 aliphatic heterocycles. The van der Waals surface area contributed by atoms with Crippen LogP contribution in [0.25, 0.3) is 0 Å². The van der Waals surface area contributed by atoms with E-state index >= 15 is 0 Å². The molecule has 1 saturated heterocycles. The molecule has 1 fully saturated rings. The SMILES string of the molecule is CCc1ccc(CCC(=O)N2CCCC(C)(C(=O)O)C2)cc1. The number of aryl methyl sites for hydroxylation is 2. The first-order chi connectivity index (χ1) is 10.4. The van der Waals surface area contributed by atoms with Crippen LogP contribution in [0.1, 0.15) is 44.2 Å². The van der Waals surface area contributed by atoms with Crippen LogP contribution in [0.2, 0.25) is 0 Å². The van der Waals surface area contributed by atoms with Crippen LogP contribution in [0.5, 0.6) is 0 Å². The molecule has 1 aromatic rings. The van der Waals surface area contributed by atoms with Crippen LogP contribution in [0, 0.1) is 5.41 Å². The van der Waals surface area contributed by atoms with E-state index in [-0.39, 0.29) is 5.91 Å². The van der Waals surface area contributed by atoms with E-state index in [1.165, 1.54) is 5.56 Å². The fraction of sp³-hybridized carbons (Fsp3) is 0.556. The van der Waals surface area contributed by atoms with Crippen molar-refractivity contribution in [1.29, 1.82) is 0 Å². The fourth-order valence-corrected chi connectivity index (χ4v) is 2.98. The number of rotatable bonds is 5. The molecule has 1 unspecified atom stereocenters. The van der Waals surface area contributed by atoms with Gasteiger partial charge in [-0.2, -0.15) is 0 Å².